The van der Waals surface area contributed by atoms with E-state index in [0.29, 0.717) is 17.7 Å². The molecule has 1 aliphatic carbocycles. The number of ether oxygens (including phenoxy) is 1. The maximum absolute atomic E-state index is 12.0. The molecular weight excluding hydrogens is 420 g/mol. The van der Waals surface area contributed by atoms with Crippen molar-refractivity contribution >= 4 is 29.0 Å². The zero-order valence-corrected chi connectivity index (χ0v) is 19.1. The van der Waals surface area contributed by atoms with Gasteiger partial charge in [-0.3, -0.25) is 9.48 Å². The topological polar surface area (TPSA) is 123 Å². The second-order valence-corrected chi connectivity index (χ2v) is 8.76. The normalized spacial score (nSPS) is 15.7. The van der Waals surface area contributed by atoms with E-state index >= 15 is 0 Å². The van der Waals surface area contributed by atoms with Crippen molar-refractivity contribution < 1.29 is 9.53 Å². The monoisotopic (exact) mass is 448 g/mol. The van der Waals surface area contributed by atoms with Gasteiger partial charge in [0, 0.05) is 38.4 Å². The largest absolute Gasteiger partial charge is 0.495 e. The Morgan fingerprint density at radius 2 is 2.00 bits per heavy atom. The van der Waals surface area contributed by atoms with Crippen molar-refractivity contribution in [3.05, 3.63) is 46.9 Å². The van der Waals surface area contributed by atoms with Gasteiger partial charge < -0.3 is 26.0 Å². The van der Waals surface area contributed by atoms with Gasteiger partial charge >= 0.3 is 0 Å². The van der Waals surface area contributed by atoms with Crippen molar-refractivity contribution in [3.8, 4) is 5.75 Å². The zero-order chi connectivity index (χ0) is 23.1. The van der Waals surface area contributed by atoms with Gasteiger partial charge in [0.15, 0.2) is 0 Å². The van der Waals surface area contributed by atoms with Crippen LogP contribution in [0, 0.1) is 0 Å². The van der Waals surface area contributed by atoms with E-state index in [2.05, 4.69) is 49.8 Å². The standard InChI is InChI=1S/C23H28N8O2/c1-30-7-6-14-9-19(33-3)17(8-15(14)11-30)27-23-25-10-16(21(24)32)22(28-23)26-18-12-31(2)29-20(18)13-4-5-13/h8-10,12-13H,4-7,11H2,1-3H3,(H2,24,32)(H2,25,26,27,28). The van der Waals surface area contributed by atoms with Crippen LogP contribution in [0.3, 0.4) is 0 Å². The number of aromatic nitrogens is 4. The molecule has 172 valence electrons. The average Bonchev–Trinajstić information content (AvgIpc) is 3.56. The Morgan fingerprint density at radius 1 is 1.18 bits per heavy atom. The summed E-state index contributed by atoms with van der Waals surface area (Å²) in [5.41, 5.74) is 10.9. The van der Waals surface area contributed by atoms with Crippen LogP contribution in [-0.2, 0) is 20.0 Å². The van der Waals surface area contributed by atoms with Crippen LogP contribution in [0.1, 0.15) is 45.9 Å². The summed E-state index contributed by atoms with van der Waals surface area (Å²) in [6.07, 6.45) is 6.52. The molecule has 2 aliphatic rings. The number of carbonyl (C=O) groups excluding carboxylic acids is 1. The van der Waals surface area contributed by atoms with E-state index in [1.165, 1.54) is 17.3 Å². The molecular formula is C23H28N8O2. The Morgan fingerprint density at radius 3 is 2.73 bits per heavy atom. The molecule has 3 heterocycles. The molecule has 10 nitrogen and oxygen atoms in total. The number of benzene rings is 1. The molecule has 0 atom stereocenters. The van der Waals surface area contributed by atoms with Gasteiger partial charge in [-0.05, 0) is 49.6 Å². The lowest BCUT2D eigenvalue weighted by molar-refractivity contribution is 0.100. The summed E-state index contributed by atoms with van der Waals surface area (Å²) in [5, 5.41) is 11.1. The molecule has 0 spiro atoms. The Balaban J connectivity index is 1.48. The molecule has 1 aliphatic heterocycles. The van der Waals surface area contributed by atoms with Crippen LogP contribution in [0.15, 0.2) is 24.5 Å². The highest BCUT2D eigenvalue weighted by molar-refractivity contribution is 5.98. The van der Waals surface area contributed by atoms with Crippen molar-refractivity contribution in [2.45, 2.75) is 31.7 Å². The predicted octanol–water partition coefficient (Wildman–Crippen LogP) is 2.67. The van der Waals surface area contributed by atoms with Gasteiger partial charge in [-0.2, -0.15) is 10.1 Å². The Labute approximate surface area is 192 Å². The third-order valence-electron chi connectivity index (χ3n) is 6.10. The van der Waals surface area contributed by atoms with Crippen LogP contribution in [-0.4, -0.2) is 51.3 Å². The summed E-state index contributed by atoms with van der Waals surface area (Å²) < 4.78 is 7.38. The highest BCUT2D eigenvalue weighted by Crippen LogP contribution is 2.43. The minimum atomic E-state index is -0.602. The third-order valence-corrected chi connectivity index (χ3v) is 6.10. The summed E-state index contributed by atoms with van der Waals surface area (Å²) in [7, 11) is 5.63. The summed E-state index contributed by atoms with van der Waals surface area (Å²) in [6.45, 7) is 1.89. The first-order valence-corrected chi connectivity index (χ1v) is 11.0. The van der Waals surface area contributed by atoms with Crippen LogP contribution < -0.4 is 21.1 Å². The molecule has 33 heavy (non-hydrogen) atoms. The number of carbonyl (C=O) groups is 1. The van der Waals surface area contributed by atoms with Gasteiger partial charge in [0.25, 0.3) is 5.91 Å². The lowest BCUT2D eigenvalue weighted by Crippen LogP contribution is -2.26. The molecule has 10 heteroatoms. The third kappa shape index (κ3) is 4.34. The number of nitrogens with one attached hydrogen (secondary N) is 2. The Kier molecular flexibility index (Phi) is 5.37. The molecule has 5 rings (SSSR count). The van der Waals surface area contributed by atoms with Gasteiger partial charge in [0.2, 0.25) is 5.95 Å². The molecule has 1 saturated carbocycles. The summed E-state index contributed by atoms with van der Waals surface area (Å²) in [5.74, 6) is 1.23. The van der Waals surface area contributed by atoms with Gasteiger partial charge in [0.1, 0.15) is 17.1 Å². The van der Waals surface area contributed by atoms with Crippen LogP contribution in [0.2, 0.25) is 0 Å². The number of methoxy groups -OCH3 is 1. The number of primary amides is 1. The molecule has 1 amide bonds. The van der Waals surface area contributed by atoms with Gasteiger partial charge in [-0.1, -0.05) is 0 Å². The van der Waals surface area contributed by atoms with E-state index in [1.54, 1.807) is 11.8 Å². The number of hydrogen-bond acceptors (Lipinski definition) is 8. The molecule has 1 fully saturated rings. The second kappa shape index (κ2) is 8.36. The zero-order valence-electron chi connectivity index (χ0n) is 19.1. The highest BCUT2D eigenvalue weighted by Gasteiger charge is 2.30. The fourth-order valence-corrected chi connectivity index (χ4v) is 4.22. The maximum Gasteiger partial charge on any atom is 0.254 e. The molecule has 0 radical (unpaired) electrons. The maximum atomic E-state index is 12.0. The molecule has 4 N–H and O–H groups in total. The van der Waals surface area contributed by atoms with Crippen molar-refractivity contribution in [1.82, 2.24) is 24.6 Å². The highest BCUT2D eigenvalue weighted by atomic mass is 16.5. The fourth-order valence-electron chi connectivity index (χ4n) is 4.22. The van der Waals surface area contributed by atoms with E-state index in [0.717, 1.165) is 55.2 Å². The van der Waals surface area contributed by atoms with E-state index in [4.69, 9.17) is 10.5 Å². The number of rotatable bonds is 7. The molecule has 2 aromatic heterocycles. The average molecular weight is 449 g/mol. The lowest BCUT2D eigenvalue weighted by atomic mass is 9.99. The van der Waals surface area contributed by atoms with Crippen molar-refractivity contribution in [2.24, 2.45) is 12.8 Å². The lowest BCUT2D eigenvalue weighted by Gasteiger charge is -2.26. The smallest absolute Gasteiger partial charge is 0.254 e. The van der Waals surface area contributed by atoms with Crippen LogP contribution in [0.5, 0.6) is 5.75 Å². The Hall–Kier alpha value is -3.66. The van der Waals surface area contributed by atoms with E-state index in [9.17, 15) is 4.79 Å². The molecule has 0 bridgehead atoms. The van der Waals surface area contributed by atoms with E-state index in [1.807, 2.05) is 13.2 Å². The molecule has 1 aromatic carbocycles. The molecule has 0 unspecified atom stereocenters. The van der Waals surface area contributed by atoms with Gasteiger partial charge in [0.05, 0.1) is 24.2 Å². The van der Waals surface area contributed by atoms with Crippen molar-refractivity contribution in [2.75, 3.05) is 31.3 Å². The first-order chi connectivity index (χ1) is 15.9. The number of fused-ring (bicyclic) bond motifs is 1. The summed E-state index contributed by atoms with van der Waals surface area (Å²) in [4.78, 5) is 23.2. The number of amides is 1. The van der Waals surface area contributed by atoms with Crippen molar-refractivity contribution in [1.29, 1.82) is 0 Å². The number of nitrogens with two attached hydrogens (primary N) is 1. The van der Waals surface area contributed by atoms with Crippen LogP contribution in [0.25, 0.3) is 0 Å². The minimum absolute atomic E-state index is 0.213. The van der Waals surface area contributed by atoms with Gasteiger partial charge in [-0.15, -0.1) is 0 Å². The van der Waals surface area contributed by atoms with Crippen LogP contribution in [0.4, 0.5) is 23.1 Å². The first-order valence-electron chi connectivity index (χ1n) is 11.0. The number of hydrogen-bond donors (Lipinski definition) is 3. The second-order valence-electron chi connectivity index (χ2n) is 8.76. The number of nitrogens with zero attached hydrogens (tertiary/aromatic N) is 5. The summed E-state index contributed by atoms with van der Waals surface area (Å²) >= 11 is 0. The minimum Gasteiger partial charge on any atom is -0.495 e. The number of aryl methyl sites for hydroxylation is 1. The van der Waals surface area contributed by atoms with E-state index < -0.39 is 5.91 Å². The number of anilines is 4. The SMILES string of the molecule is COc1cc2c(cc1Nc1ncc(C(N)=O)c(Nc3cn(C)nc3C3CC3)n1)CN(C)CC2. The quantitative estimate of drug-likeness (QED) is 0.504. The van der Waals surface area contributed by atoms with Crippen molar-refractivity contribution in [3.63, 3.8) is 0 Å². The molecule has 3 aromatic rings. The first kappa shape index (κ1) is 21.2. The summed E-state index contributed by atoms with van der Waals surface area (Å²) in [6, 6.07) is 4.15. The van der Waals surface area contributed by atoms with Gasteiger partial charge in [-0.25, -0.2) is 4.98 Å². The fraction of sp³-hybridized carbons (Fsp3) is 0.391. The predicted molar refractivity (Wildman–Crippen MR) is 125 cm³/mol. The molecule has 0 saturated heterocycles. The van der Waals surface area contributed by atoms with Crippen LogP contribution >= 0.6 is 0 Å². The van der Waals surface area contributed by atoms with E-state index in [-0.39, 0.29) is 5.56 Å². The Bertz CT molecular complexity index is 1220. The number of likely N-dealkylation sites (N-methyl/N-ethyl adjacent to an activating group) is 1.